The maximum absolute atomic E-state index is 12.1. The second-order valence-corrected chi connectivity index (χ2v) is 6.12. The van der Waals surface area contributed by atoms with Crippen molar-refractivity contribution in [3.05, 3.63) is 0 Å². The number of likely N-dealkylation sites (tertiary alicyclic amines) is 1. The van der Waals surface area contributed by atoms with Crippen LogP contribution in [0.2, 0.25) is 0 Å². The molecule has 1 N–H and O–H groups in total. The Kier molecular flexibility index (Phi) is 3.25. The summed E-state index contributed by atoms with van der Waals surface area (Å²) >= 11 is 0. The second kappa shape index (κ2) is 4.41. The normalized spacial score (nSPS) is 33.2. The molecule has 1 saturated heterocycles. The van der Waals surface area contributed by atoms with Crippen molar-refractivity contribution in [2.24, 2.45) is 11.3 Å². The molecule has 2 aliphatic rings. The Morgan fingerprint density at radius 1 is 1.24 bits per heavy atom. The molecule has 4 heteroatoms. The number of hydrogen-bond donors (Lipinski definition) is 1. The third-order valence-electron chi connectivity index (χ3n) is 3.98. The van der Waals surface area contributed by atoms with Crippen LogP contribution in [0.5, 0.6) is 0 Å². The van der Waals surface area contributed by atoms with Crippen LogP contribution in [0.4, 0.5) is 0 Å². The molecule has 1 heterocycles. The van der Waals surface area contributed by atoms with Gasteiger partial charge in [0.15, 0.2) is 0 Å². The molecule has 96 valence electrons. The highest BCUT2D eigenvalue weighted by Gasteiger charge is 2.44. The Bertz CT molecular complexity index is 318. The molecule has 2 fully saturated rings. The fourth-order valence-electron chi connectivity index (χ4n) is 3.13. The van der Waals surface area contributed by atoms with Crippen LogP contribution in [-0.2, 0) is 9.59 Å². The van der Waals surface area contributed by atoms with Gasteiger partial charge in [0.05, 0.1) is 0 Å². The molecule has 0 radical (unpaired) electrons. The molecule has 1 aliphatic heterocycles. The van der Waals surface area contributed by atoms with Crippen LogP contribution in [-0.4, -0.2) is 34.5 Å². The summed E-state index contributed by atoms with van der Waals surface area (Å²) in [5, 5.41) is 9.29. The minimum Gasteiger partial charge on any atom is -0.396 e. The molecule has 2 rings (SSSR count). The average Bonchev–Trinajstić information content (AvgIpc) is 2.62. The van der Waals surface area contributed by atoms with E-state index < -0.39 is 0 Å². The van der Waals surface area contributed by atoms with Crippen LogP contribution in [0, 0.1) is 11.3 Å². The highest BCUT2D eigenvalue weighted by Crippen LogP contribution is 2.37. The number of imide groups is 1. The molecule has 0 spiro atoms. The number of aliphatic hydroxyl groups is 1. The van der Waals surface area contributed by atoms with E-state index in [1.165, 1.54) is 4.90 Å². The van der Waals surface area contributed by atoms with Crippen molar-refractivity contribution >= 4 is 11.8 Å². The van der Waals surface area contributed by atoms with Gasteiger partial charge in [0.1, 0.15) is 0 Å². The van der Waals surface area contributed by atoms with E-state index in [4.69, 9.17) is 0 Å². The predicted octanol–water partition coefficient (Wildman–Crippen LogP) is 1.32. The van der Waals surface area contributed by atoms with E-state index in [1.54, 1.807) is 0 Å². The number of carbonyl (C=O) groups excluding carboxylic acids is 2. The zero-order valence-electron chi connectivity index (χ0n) is 10.6. The fourth-order valence-corrected chi connectivity index (χ4v) is 3.13. The van der Waals surface area contributed by atoms with Crippen molar-refractivity contribution in [3.8, 4) is 0 Å². The lowest BCUT2D eigenvalue weighted by molar-refractivity contribution is -0.156. The molecule has 1 saturated carbocycles. The number of piperidine rings is 1. The quantitative estimate of drug-likeness (QED) is 0.739. The summed E-state index contributed by atoms with van der Waals surface area (Å²) < 4.78 is 0. The maximum atomic E-state index is 12.1. The molecule has 2 unspecified atom stereocenters. The molecule has 0 aromatic heterocycles. The third-order valence-corrected chi connectivity index (χ3v) is 3.98. The van der Waals surface area contributed by atoms with Crippen LogP contribution in [0.3, 0.4) is 0 Å². The SMILES string of the molecule is CC1(C)CC(=O)N(C2CCCC2CO)C(=O)C1. The molecular formula is C13H21NO3. The van der Waals surface area contributed by atoms with E-state index in [2.05, 4.69) is 0 Å². The van der Waals surface area contributed by atoms with Crippen LogP contribution in [0.1, 0.15) is 46.0 Å². The van der Waals surface area contributed by atoms with Crippen LogP contribution < -0.4 is 0 Å². The minimum atomic E-state index is -0.210. The van der Waals surface area contributed by atoms with Gasteiger partial charge < -0.3 is 5.11 Å². The van der Waals surface area contributed by atoms with Gasteiger partial charge in [-0.3, -0.25) is 14.5 Å². The predicted molar refractivity (Wildman–Crippen MR) is 63.1 cm³/mol. The maximum Gasteiger partial charge on any atom is 0.229 e. The first kappa shape index (κ1) is 12.6. The van der Waals surface area contributed by atoms with E-state index in [0.29, 0.717) is 12.8 Å². The number of amides is 2. The third kappa shape index (κ3) is 2.37. The average molecular weight is 239 g/mol. The zero-order chi connectivity index (χ0) is 12.6. The van der Waals surface area contributed by atoms with Gasteiger partial charge >= 0.3 is 0 Å². The van der Waals surface area contributed by atoms with Gasteiger partial charge in [-0.05, 0) is 18.3 Å². The summed E-state index contributed by atoms with van der Waals surface area (Å²) in [5.41, 5.74) is -0.210. The Morgan fingerprint density at radius 3 is 2.35 bits per heavy atom. The van der Waals surface area contributed by atoms with Crippen LogP contribution in [0.15, 0.2) is 0 Å². The topological polar surface area (TPSA) is 57.6 Å². The lowest BCUT2D eigenvalue weighted by atomic mass is 9.81. The van der Waals surface area contributed by atoms with E-state index >= 15 is 0 Å². The summed E-state index contributed by atoms with van der Waals surface area (Å²) in [7, 11) is 0. The van der Waals surface area contributed by atoms with Gasteiger partial charge in [-0.1, -0.05) is 20.3 Å². The fraction of sp³-hybridized carbons (Fsp3) is 0.846. The molecular weight excluding hydrogens is 218 g/mol. The number of aliphatic hydroxyl groups excluding tert-OH is 1. The molecule has 0 aromatic carbocycles. The molecule has 2 atom stereocenters. The van der Waals surface area contributed by atoms with Gasteiger partial charge in [0, 0.05) is 31.4 Å². The number of hydrogen-bond acceptors (Lipinski definition) is 3. The number of nitrogens with zero attached hydrogens (tertiary/aromatic N) is 1. The van der Waals surface area contributed by atoms with E-state index in [-0.39, 0.29) is 35.8 Å². The highest BCUT2D eigenvalue weighted by atomic mass is 16.3. The molecule has 2 amide bonds. The minimum absolute atomic E-state index is 0.0587. The van der Waals surface area contributed by atoms with E-state index in [0.717, 1.165) is 19.3 Å². The van der Waals surface area contributed by atoms with Gasteiger partial charge in [-0.2, -0.15) is 0 Å². The standard InChI is InChI=1S/C13H21NO3/c1-13(2)6-11(16)14(12(17)7-13)10-5-3-4-9(10)8-15/h9-10,15H,3-8H2,1-2H3. The Balaban J connectivity index is 2.16. The molecule has 0 aromatic rings. The molecule has 0 bridgehead atoms. The van der Waals surface area contributed by atoms with Crippen molar-refractivity contribution in [2.45, 2.75) is 52.0 Å². The summed E-state index contributed by atoms with van der Waals surface area (Å²) in [6.07, 6.45) is 3.64. The van der Waals surface area contributed by atoms with Crippen LogP contribution in [0.25, 0.3) is 0 Å². The van der Waals surface area contributed by atoms with E-state index in [1.807, 2.05) is 13.8 Å². The lowest BCUT2D eigenvalue weighted by Crippen LogP contribution is -2.52. The summed E-state index contributed by atoms with van der Waals surface area (Å²) in [6.45, 7) is 3.99. The Hall–Kier alpha value is -0.900. The first-order chi connectivity index (χ1) is 7.94. The first-order valence-electron chi connectivity index (χ1n) is 6.40. The number of carbonyl (C=O) groups is 2. The van der Waals surface area contributed by atoms with Gasteiger partial charge in [-0.15, -0.1) is 0 Å². The van der Waals surface area contributed by atoms with Crippen molar-refractivity contribution in [3.63, 3.8) is 0 Å². The second-order valence-electron chi connectivity index (χ2n) is 6.12. The Labute approximate surface area is 102 Å². The zero-order valence-corrected chi connectivity index (χ0v) is 10.6. The molecule has 4 nitrogen and oxygen atoms in total. The monoisotopic (exact) mass is 239 g/mol. The van der Waals surface area contributed by atoms with Crippen molar-refractivity contribution < 1.29 is 14.7 Å². The molecule has 1 aliphatic carbocycles. The van der Waals surface area contributed by atoms with Gasteiger partial charge in [-0.25, -0.2) is 0 Å². The summed E-state index contributed by atoms with van der Waals surface area (Å²) in [6, 6.07) is -0.0592. The highest BCUT2D eigenvalue weighted by molar-refractivity contribution is 5.98. The largest absolute Gasteiger partial charge is 0.396 e. The lowest BCUT2D eigenvalue weighted by Gasteiger charge is -2.39. The van der Waals surface area contributed by atoms with E-state index in [9.17, 15) is 14.7 Å². The summed E-state index contributed by atoms with van der Waals surface area (Å²) in [4.78, 5) is 25.6. The number of rotatable bonds is 2. The summed E-state index contributed by atoms with van der Waals surface area (Å²) in [5.74, 6) is -0.0303. The van der Waals surface area contributed by atoms with Crippen molar-refractivity contribution in [2.75, 3.05) is 6.61 Å². The smallest absolute Gasteiger partial charge is 0.229 e. The van der Waals surface area contributed by atoms with Crippen LogP contribution >= 0.6 is 0 Å². The molecule has 17 heavy (non-hydrogen) atoms. The van der Waals surface area contributed by atoms with Crippen molar-refractivity contribution in [1.82, 2.24) is 4.90 Å². The first-order valence-corrected chi connectivity index (χ1v) is 6.40. The Morgan fingerprint density at radius 2 is 1.82 bits per heavy atom. The van der Waals surface area contributed by atoms with Gasteiger partial charge in [0.25, 0.3) is 0 Å². The van der Waals surface area contributed by atoms with Gasteiger partial charge in [0.2, 0.25) is 11.8 Å². The van der Waals surface area contributed by atoms with Crippen molar-refractivity contribution in [1.29, 1.82) is 0 Å².